The van der Waals surface area contributed by atoms with E-state index in [4.69, 9.17) is 5.26 Å². The molecule has 2 unspecified atom stereocenters. The van der Waals surface area contributed by atoms with Crippen LogP contribution in [0.2, 0.25) is 0 Å². The first-order valence-electron chi connectivity index (χ1n) is 10.7. The second-order valence-electron chi connectivity index (χ2n) is 7.96. The fourth-order valence-electron chi connectivity index (χ4n) is 3.42. The molecular weight excluding hydrogens is 496 g/mol. The lowest BCUT2D eigenvalue weighted by atomic mass is 9.98. The van der Waals surface area contributed by atoms with Crippen molar-refractivity contribution in [3.05, 3.63) is 88.4 Å². The number of hydrogen-bond donors (Lipinski definition) is 2. The third kappa shape index (κ3) is 6.74. The number of carbonyl (C=O) groups is 1. The van der Waals surface area contributed by atoms with E-state index in [2.05, 4.69) is 15.0 Å². The molecule has 3 rings (SSSR count). The Kier molecular flexibility index (Phi) is 8.55. The van der Waals surface area contributed by atoms with E-state index in [9.17, 15) is 26.6 Å². The van der Waals surface area contributed by atoms with Crippen LogP contribution in [0.5, 0.6) is 0 Å². The Morgan fingerprint density at radius 1 is 1.11 bits per heavy atom. The Labute approximate surface area is 208 Å². The Bertz CT molecular complexity index is 1340. The molecule has 0 saturated carbocycles. The molecule has 0 radical (unpaired) electrons. The normalized spacial score (nSPS) is 13.0. The zero-order chi connectivity index (χ0) is 26.5. The molecule has 0 saturated heterocycles. The molecule has 0 bridgehead atoms. The van der Waals surface area contributed by atoms with Crippen LogP contribution in [0.25, 0.3) is 11.3 Å². The van der Waals surface area contributed by atoms with Gasteiger partial charge >= 0.3 is 6.18 Å². The van der Waals surface area contributed by atoms with E-state index in [0.29, 0.717) is 22.3 Å². The highest BCUT2D eigenvalue weighted by atomic mass is 32.2. The van der Waals surface area contributed by atoms with Crippen molar-refractivity contribution in [2.75, 3.05) is 6.26 Å². The van der Waals surface area contributed by atoms with Gasteiger partial charge in [-0.15, -0.1) is 0 Å². The second kappa shape index (κ2) is 11.4. The van der Waals surface area contributed by atoms with E-state index in [1.807, 2.05) is 6.07 Å². The molecule has 188 valence electrons. The smallest absolute Gasteiger partial charge is 0.351 e. The highest BCUT2D eigenvalue weighted by molar-refractivity contribution is 7.82. The van der Waals surface area contributed by atoms with Gasteiger partial charge in [0.1, 0.15) is 11.5 Å². The van der Waals surface area contributed by atoms with Crippen molar-refractivity contribution in [3.63, 3.8) is 0 Å². The van der Waals surface area contributed by atoms with Gasteiger partial charge in [-0.05, 0) is 42.3 Å². The second-order valence-corrected chi connectivity index (χ2v) is 9.16. The van der Waals surface area contributed by atoms with Gasteiger partial charge in [-0.3, -0.25) is 4.79 Å². The number of carbonyl (C=O) groups excluding carboxylic acids is 1. The number of nitrogens with zero attached hydrogens (tertiary/aromatic N) is 2. The van der Waals surface area contributed by atoms with E-state index in [0.717, 1.165) is 6.07 Å². The summed E-state index contributed by atoms with van der Waals surface area (Å²) in [6, 6.07) is 14.3. The minimum absolute atomic E-state index is 0.00825. The van der Waals surface area contributed by atoms with Crippen LogP contribution in [0.4, 0.5) is 17.6 Å². The fraction of sp³-hybridized carbons (Fsp3) is 0.240. The molecule has 2 atom stereocenters. The lowest BCUT2D eigenvalue weighted by molar-refractivity contribution is -0.141. The first kappa shape index (κ1) is 27.0. The molecule has 0 fully saturated rings. The maximum Gasteiger partial charge on any atom is 0.433 e. The monoisotopic (exact) mass is 518 g/mol. The number of rotatable bonds is 8. The van der Waals surface area contributed by atoms with Crippen molar-refractivity contribution < 1.29 is 26.6 Å². The minimum atomic E-state index is -4.67. The first-order valence-corrected chi connectivity index (χ1v) is 12.3. The summed E-state index contributed by atoms with van der Waals surface area (Å²) in [5, 5.41) is 11.8. The van der Waals surface area contributed by atoms with Crippen molar-refractivity contribution in [1.82, 2.24) is 15.0 Å². The van der Waals surface area contributed by atoms with Crippen LogP contribution >= 0.6 is 0 Å². The van der Waals surface area contributed by atoms with Crippen LogP contribution in [-0.2, 0) is 35.0 Å². The van der Waals surface area contributed by atoms with Gasteiger partial charge < -0.3 is 5.32 Å². The standard InChI is InChI=1S/C25H22F4N4O2S/c1-15(17-6-7-19(21(26)11-17)14-32-36(2)35)24(34)31-13-20-8-9-22(25(27,28)29)33-23(20)18-5-3-4-16(10-18)12-30/h3-11,15,32H,13-14H2,1-2H3,(H,31,34). The average Bonchev–Trinajstić information content (AvgIpc) is 2.85. The molecule has 0 spiro atoms. The average molecular weight is 519 g/mol. The molecule has 6 nitrogen and oxygen atoms in total. The number of pyridine rings is 1. The number of amides is 1. The lowest BCUT2D eigenvalue weighted by Gasteiger charge is -2.16. The van der Waals surface area contributed by atoms with Crippen molar-refractivity contribution in [2.24, 2.45) is 0 Å². The van der Waals surface area contributed by atoms with Crippen LogP contribution in [0.15, 0.2) is 54.6 Å². The number of nitriles is 1. The van der Waals surface area contributed by atoms with Crippen molar-refractivity contribution in [1.29, 1.82) is 5.26 Å². The van der Waals surface area contributed by atoms with Crippen LogP contribution in [0.3, 0.4) is 0 Å². The maximum atomic E-state index is 14.4. The molecule has 3 aromatic rings. The highest BCUT2D eigenvalue weighted by Crippen LogP contribution is 2.31. The first-order chi connectivity index (χ1) is 17.0. The fourth-order valence-corrected chi connectivity index (χ4v) is 3.78. The highest BCUT2D eigenvalue weighted by Gasteiger charge is 2.33. The van der Waals surface area contributed by atoms with Gasteiger partial charge in [0.2, 0.25) is 5.91 Å². The molecule has 1 amide bonds. The number of hydrogen-bond acceptors (Lipinski definition) is 4. The minimum Gasteiger partial charge on any atom is -0.351 e. The lowest BCUT2D eigenvalue weighted by Crippen LogP contribution is -2.28. The summed E-state index contributed by atoms with van der Waals surface area (Å²) >= 11 is 0. The molecule has 0 aliphatic heterocycles. The Balaban J connectivity index is 1.81. The summed E-state index contributed by atoms with van der Waals surface area (Å²) in [4.78, 5) is 16.5. The van der Waals surface area contributed by atoms with E-state index in [-0.39, 0.29) is 24.3 Å². The van der Waals surface area contributed by atoms with Crippen LogP contribution in [0, 0.1) is 17.1 Å². The molecule has 2 aromatic carbocycles. The predicted molar refractivity (Wildman–Crippen MR) is 127 cm³/mol. The summed E-state index contributed by atoms with van der Waals surface area (Å²) in [6.07, 6.45) is -3.24. The molecule has 0 aliphatic rings. The number of alkyl halides is 3. The molecule has 1 heterocycles. The SMILES string of the molecule is CC(C(=O)NCc1ccc(C(F)(F)F)nc1-c1cccc(C#N)c1)c1ccc(CNS(C)=O)c(F)c1. The third-order valence-electron chi connectivity index (χ3n) is 5.42. The molecule has 36 heavy (non-hydrogen) atoms. The summed E-state index contributed by atoms with van der Waals surface area (Å²) in [6.45, 7) is 1.51. The van der Waals surface area contributed by atoms with E-state index in [1.165, 1.54) is 48.7 Å². The van der Waals surface area contributed by atoms with Gasteiger partial charge in [-0.1, -0.05) is 30.3 Å². The summed E-state index contributed by atoms with van der Waals surface area (Å²) in [5.74, 6) is -1.78. The number of halogens is 4. The molecule has 11 heteroatoms. The van der Waals surface area contributed by atoms with E-state index >= 15 is 0 Å². The third-order valence-corrected chi connectivity index (χ3v) is 5.97. The summed E-state index contributed by atoms with van der Waals surface area (Å²) in [7, 11) is -1.31. The zero-order valence-corrected chi connectivity index (χ0v) is 20.1. The zero-order valence-electron chi connectivity index (χ0n) is 19.3. The summed E-state index contributed by atoms with van der Waals surface area (Å²) in [5.41, 5.74) is 0.462. The van der Waals surface area contributed by atoms with Gasteiger partial charge in [-0.2, -0.15) is 18.4 Å². The predicted octanol–water partition coefficient (Wildman–Crippen LogP) is 4.58. The Morgan fingerprint density at radius 3 is 2.47 bits per heavy atom. The van der Waals surface area contributed by atoms with Crippen LogP contribution in [-0.4, -0.2) is 21.4 Å². The van der Waals surface area contributed by atoms with Gasteiger partial charge in [0, 0.05) is 30.5 Å². The van der Waals surface area contributed by atoms with Crippen molar-refractivity contribution >= 4 is 16.9 Å². The van der Waals surface area contributed by atoms with Gasteiger partial charge in [0.25, 0.3) is 0 Å². The molecule has 0 aliphatic carbocycles. The number of benzene rings is 2. The van der Waals surface area contributed by atoms with Gasteiger partial charge in [0.05, 0.1) is 34.2 Å². The topological polar surface area (TPSA) is 94.9 Å². The summed E-state index contributed by atoms with van der Waals surface area (Å²) < 4.78 is 68.0. The molecule has 1 aromatic heterocycles. The van der Waals surface area contributed by atoms with Crippen molar-refractivity contribution in [2.45, 2.75) is 32.1 Å². The van der Waals surface area contributed by atoms with Gasteiger partial charge in [0.15, 0.2) is 0 Å². The van der Waals surface area contributed by atoms with E-state index in [1.54, 1.807) is 13.0 Å². The Hall–Kier alpha value is -3.62. The maximum absolute atomic E-state index is 14.4. The number of nitrogens with one attached hydrogen (secondary N) is 2. The largest absolute Gasteiger partial charge is 0.433 e. The Morgan fingerprint density at radius 2 is 1.83 bits per heavy atom. The quantitative estimate of drug-likeness (QED) is 0.427. The van der Waals surface area contributed by atoms with Crippen molar-refractivity contribution in [3.8, 4) is 17.3 Å². The van der Waals surface area contributed by atoms with E-state index < -0.39 is 40.5 Å². The molecule has 2 N–H and O–H groups in total. The van der Waals surface area contributed by atoms with Gasteiger partial charge in [-0.25, -0.2) is 18.3 Å². The number of aromatic nitrogens is 1. The van der Waals surface area contributed by atoms with Crippen LogP contribution < -0.4 is 10.0 Å². The molecular formula is C25H22F4N4O2S. The van der Waals surface area contributed by atoms with Crippen LogP contribution in [0.1, 0.15) is 40.8 Å².